The molecule has 1 aliphatic heterocycles. The molecule has 1 saturated heterocycles. The van der Waals surface area contributed by atoms with Crippen molar-refractivity contribution in [2.75, 3.05) is 18.0 Å². The lowest BCUT2D eigenvalue weighted by Crippen LogP contribution is -2.38. The maximum Gasteiger partial charge on any atom is 0.149 e. The van der Waals surface area contributed by atoms with E-state index in [4.69, 9.17) is 0 Å². The van der Waals surface area contributed by atoms with Crippen LogP contribution >= 0.6 is 0 Å². The summed E-state index contributed by atoms with van der Waals surface area (Å²) < 4.78 is 28.3. The number of halogens is 2. The van der Waals surface area contributed by atoms with E-state index in [0.717, 1.165) is 25.9 Å². The molecule has 0 saturated carbocycles. The third-order valence-corrected chi connectivity index (χ3v) is 4.52. The number of piperidine rings is 1. The third kappa shape index (κ3) is 3.13. The third-order valence-electron chi connectivity index (χ3n) is 4.52. The Morgan fingerprint density at radius 1 is 1.10 bits per heavy atom. The fraction of sp³-hybridized carbons (Fsp3) is 0.647. The van der Waals surface area contributed by atoms with Gasteiger partial charge in [-0.2, -0.15) is 0 Å². The molecule has 0 radical (unpaired) electrons. The summed E-state index contributed by atoms with van der Waals surface area (Å²) in [5, 5.41) is 0. The van der Waals surface area contributed by atoms with Crippen molar-refractivity contribution >= 4 is 5.69 Å². The van der Waals surface area contributed by atoms with Gasteiger partial charge in [-0.1, -0.05) is 27.7 Å². The average Bonchev–Trinajstić information content (AvgIpc) is 2.37. The Hall–Kier alpha value is -1.12. The molecule has 1 aliphatic rings. The minimum absolute atomic E-state index is 0.162. The van der Waals surface area contributed by atoms with Crippen molar-refractivity contribution in [3.63, 3.8) is 0 Å². The Balaban J connectivity index is 2.15. The first kappa shape index (κ1) is 15.3. The number of anilines is 1. The van der Waals surface area contributed by atoms with E-state index < -0.39 is 11.6 Å². The lowest BCUT2D eigenvalue weighted by atomic mass is 9.75. The summed E-state index contributed by atoms with van der Waals surface area (Å²) in [6, 6.07) is 2.93. The summed E-state index contributed by atoms with van der Waals surface area (Å²) in [7, 11) is 0. The first-order valence-electron chi connectivity index (χ1n) is 7.55. The van der Waals surface area contributed by atoms with E-state index in [-0.39, 0.29) is 11.1 Å². The van der Waals surface area contributed by atoms with Crippen LogP contribution in [0, 0.1) is 23.0 Å². The summed E-state index contributed by atoms with van der Waals surface area (Å²) in [4.78, 5) is 1.87. The largest absolute Gasteiger partial charge is 0.367 e. The lowest BCUT2D eigenvalue weighted by Gasteiger charge is -2.39. The molecule has 20 heavy (non-hydrogen) atoms. The molecule has 0 aliphatic carbocycles. The number of hydrogen-bond acceptors (Lipinski definition) is 1. The molecular formula is C17H25F2N. The van der Waals surface area contributed by atoms with Crippen LogP contribution in [0.2, 0.25) is 0 Å². The van der Waals surface area contributed by atoms with Gasteiger partial charge < -0.3 is 4.90 Å². The summed E-state index contributed by atoms with van der Waals surface area (Å²) >= 11 is 0. The van der Waals surface area contributed by atoms with Crippen LogP contribution in [0.4, 0.5) is 14.5 Å². The standard InChI is InChI=1S/C17H25F2N/c1-5-12-10-14(18)16(15(19)11-12)20-8-6-13(7-9-20)17(2,3)4/h10-11,13H,5-9H2,1-4H3. The maximum atomic E-state index is 14.1. The van der Waals surface area contributed by atoms with E-state index in [1.165, 1.54) is 12.1 Å². The highest BCUT2D eigenvalue weighted by molar-refractivity contribution is 5.51. The zero-order valence-electron chi connectivity index (χ0n) is 13.0. The monoisotopic (exact) mass is 281 g/mol. The minimum Gasteiger partial charge on any atom is -0.367 e. The number of benzene rings is 1. The first-order valence-corrected chi connectivity index (χ1v) is 7.55. The fourth-order valence-corrected chi connectivity index (χ4v) is 3.09. The van der Waals surface area contributed by atoms with E-state index in [0.29, 0.717) is 17.9 Å². The topological polar surface area (TPSA) is 3.24 Å². The highest BCUT2D eigenvalue weighted by atomic mass is 19.1. The molecule has 2 rings (SSSR count). The normalized spacial score (nSPS) is 17.6. The second-order valence-electron chi connectivity index (χ2n) is 6.89. The van der Waals surface area contributed by atoms with Gasteiger partial charge in [-0.05, 0) is 48.3 Å². The molecule has 0 bridgehead atoms. The van der Waals surface area contributed by atoms with Crippen molar-refractivity contribution in [2.24, 2.45) is 11.3 Å². The Morgan fingerprint density at radius 2 is 1.60 bits per heavy atom. The summed E-state index contributed by atoms with van der Waals surface area (Å²) in [5.74, 6) is -0.216. The van der Waals surface area contributed by atoms with Gasteiger partial charge >= 0.3 is 0 Å². The molecule has 0 amide bonds. The van der Waals surface area contributed by atoms with Crippen molar-refractivity contribution in [3.8, 4) is 0 Å². The van der Waals surface area contributed by atoms with Crippen molar-refractivity contribution in [2.45, 2.75) is 47.0 Å². The second kappa shape index (κ2) is 5.71. The quantitative estimate of drug-likeness (QED) is 0.753. The predicted molar refractivity (Wildman–Crippen MR) is 80.1 cm³/mol. The van der Waals surface area contributed by atoms with Crippen LogP contribution < -0.4 is 4.90 Å². The minimum atomic E-state index is -0.420. The molecule has 0 N–H and O–H groups in total. The number of hydrogen-bond donors (Lipinski definition) is 0. The molecule has 0 aromatic heterocycles. The highest BCUT2D eigenvalue weighted by Crippen LogP contribution is 2.36. The summed E-state index contributed by atoms with van der Waals surface area (Å²) in [5.41, 5.74) is 1.15. The molecule has 0 spiro atoms. The number of rotatable bonds is 2. The van der Waals surface area contributed by atoms with Gasteiger partial charge in [0.25, 0.3) is 0 Å². The zero-order chi connectivity index (χ0) is 14.9. The van der Waals surface area contributed by atoms with Gasteiger partial charge in [0.05, 0.1) is 0 Å². The highest BCUT2D eigenvalue weighted by Gasteiger charge is 2.30. The lowest BCUT2D eigenvalue weighted by molar-refractivity contribution is 0.198. The average molecular weight is 281 g/mol. The molecule has 1 aromatic rings. The zero-order valence-corrected chi connectivity index (χ0v) is 13.0. The van der Waals surface area contributed by atoms with Crippen molar-refractivity contribution in [1.29, 1.82) is 0 Å². The maximum absolute atomic E-state index is 14.1. The van der Waals surface area contributed by atoms with E-state index >= 15 is 0 Å². The predicted octanol–water partition coefficient (Wildman–Crippen LogP) is 4.79. The van der Waals surface area contributed by atoms with Crippen LogP contribution in [-0.2, 0) is 6.42 Å². The van der Waals surface area contributed by atoms with Gasteiger partial charge in [-0.3, -0.25) is 0 Å². The van der Waals surface area contributed by atoms with Crippen LogP contribution in [0.3, 0.4) is 0 Å². The van der Waals surface area contributed by atoms with Crippen LogP contribution in [0.5, 0.6) is 0 Å². The molecule has 0 unspecified atom stereocenters. The van der Waals surface area contributed by atoms with E-state index in [1.807, 2.05) is 11.8 Å². The smallest absolute Gasteiger partial charge is 0.149 e. The Morgan fingerprint density at radius 3 is 2.00 bits per heavy atom. The van der Waals surface area contributed by atoms with Crippen LogP contribution in [0.1, 0.15) is 46.1 Å². The van der Waals surface area contributed by atoms with Gasteiger partial charge in [0, 0.05) is 13.1 Å². The summed E-state index contributed by atoms with van der Waals surface area (Å²) in [6.07, 6.45) is 2.65. The molecule has 0 atom stereocenters. The van der Waals surface area contributed by atoms with E-state index in [9.17, 15) is 8.78 Å². The van der Waals surface area contributed by atoms with Crippen molar-refractivity contribution in [1.82, 2.24) is 0 Å². The van der Waals surface area contributed by atoms with Crippen LogP contribution in [0.25, 0.3) is 0 Å². The molecule has 3 heteroatoms. The fourth-order valence-electron chi connectivity index (χ4n) is 3.09. The molecule has 1 fully saturated rings. The van der Waals surface area contributed by atoms with Crippen molar-refractivity contribution in [3.05, 3.63) is 29.3 Å². The molecule has 1 nitrogen and oxygen atoms in total. The Kier molecular flexibility index (Phi) is 4.36. The molecular weight excluding hydrogens is 256 g/mol. The molecule has 1 heterocycles. The van der Waals surface area contributed by atoms with Gasteiger partial charge in [-0.15, -0.1) is 0 Å². The van der Waals surface area contributed by atoms with Crippen LogP contribution in [0.15, 0.2) is 12.1 Å². The van der Waals surface area contributed by atoms with E-state index in [2.05, 4.69) is 20.8 Å². The number of aryl methyl sites for hydroxylation is 1. The number of nitrogens with zero attached hydrogens (tertiary/aromatic N) is 1. The molecule has 112 valence electrons. The van der Waals surface area contributed by atoms with Gasteiger partial charge in [0.15, 0.2) is 0 Å². The first-order chi connectivity index (χ1) is 9.32. The van der Waals surface area contributed by atoms with Crippen molar-refractivity contribution < 1.29 is 8.78 Å². The van der Waals surface area contributed by atoms with E-state index in [1.54, 1.807) is 0 Å². The van der Waals surface area contributed by atoms with Gasteiger partial charge in [0.2, 0.25) is 0 Å². The molecule has 1 aromatic carbocycles. The SMILES string of the molecule is CCc1cc(F)c(N2CCC(C(C)(C)C)CC2)c(F)c1. The van der Waals surface area contributed by atoms with Crippen LogP contribution in [-0.4, -0.2) is 13.1 Å². The Bertz CT molecular complexity index is 445. The van der Waals surface area contributed by atoms with Gasteiger partial charge in [-0.25, -0.2) is 8.78 Å². The second-order valence-corrected chi connectivity index (χ2v) is 6.89. The summed E-state index contributed by atoms with van der Waals surface area (Å²) in [6.45, 7) is 10.1. The van der Waals surface area contributed by atoms with Gasteiger partial charge in [0.1, 0.15) is 17.3 Å². The Labute approximate surface area is 121 Å².